The third-order valence-corrected chi connectivity index (χ3v) is 6.30. The molecule has 0 spiro atoms. The molecule has 2 saturated heterocycles. The number of hydrogen-bond acceptors (Lipinski definition) is 11. The lowest BCUT2D eigenvalue weighted by Crippen LogP contribution is -2.36. The zero-order valence-electron chi connectivity index (χ0n) is 15.7. The maximum atomic E-state index is 12.8. The van der Waals surface area contributed by atoms with Crippen molar-refractivity contribution in [1.82, 2.24) is 14.5 Å². The molecule has 13 heteroatoms. The highest BCUT2D eigenvalue weighted by molar-refractivity contribution is 7.48. The van der Waals surface area contributed by atoms with Gasteiger partial charge in [-0.1, -0.05) is 0 Å². The quantitative estimate of drug-likeness (QED) is 0.541. The Balaban J connectivity index is 1.42. The lowest BCUT2D eigenvalue weighted by Gasteiger charge is -2.29. The lowest BCUT2D eigenvalue weighted by atomic mass is 10.1. The maximum Gasteiger partial charge on any atom is 0.475 e. The number of nitrogen functional groups attached to an aromatic ring is 1. The molecular weight excluding hydrogens is 419 g/mol. The molecule has 0 radical (unpaired) electrons. The summed E-state index contributed by atoms with van der Waals surface area (Å²) in [7, 11) is -3.93. The van der Waals surface area contributed by atoms with E-state index in [1.165, 1.54) is 12.3 Å². The largest absolute Gasteiger partial charge is 0.475 e. The van der Waals surface area contributed by atoms with Gasteiger partial charge in [0, 0.05) is 25.0 Å². The van der Waals surface area contributed by atoms with Crippen molar-refractivity contribution in [3.05, 3.63) is 52.8 Å². The van der Waals surface area contributed by atoms with Crippen molar-refractivity contribution in [2.75, 3.05) is 18.9 Å². The third kappa shape index (κ3) is 4.30. The van der Waals surface area contributed by atoms with Gasteiger partial charge in [0.25, 0.3) is 0 Å². The fraction of sp³-hybridized carbons (Fsp3) is 0.471. The van der Waals surface area contributed by atoms with Gasteiger partial charge in [0.15, 0.2) is 6.23 Å². The van der Waals surface area contributed by atoms with E-state index in [0.29, 0.717) is 6.42 Å². The molecule has 12 nitrogen and oxygen atoms in total. The average Bonchev–Trinajstić information content (AvgIpc) is 3.01. The molecule has 162 valence electrons. The Kier molecular flexibility index (Phi) is 5.98. The number of aliphatic hydroxyl groups excluding tert-OH is 2. The number of phosphoric ester groups is 1. The number of ether oxygens (including phenoxy) is 1. The second kappa shape index (κ2) is 8.52. The average molecular weight is 440 g/mol. The van der Waals surface area contributed by atoms with Gasteiger partial charge in [-0.25, -0.2) is 9.36 Å². The zero-order chi connectivity index (χ0) is 21.3. The van der Waals surface area contributed by atoms with Gasteiger partial charge in [-0.15, -0.1) is 0 Å². The SMILES string of the molecule is Nc1ccn([C@@H]2O[C@H](CO[P@]3(=O)OCC[C@H](c4ccncc4)O3)[C@@H](O)[C@@H]2O)c(=O)n1. The van der Waals surface area contributed by atoms with Crippen LogP contribution in [0.25, 0.3) is 0 Å². The third-order valence-electron chi connectivity index (χ3n) is 4.82. The van der Waals surface area contributed by atoms with Gasteiger partial charge < -0.3 is 20.7 Å². The predicted molar refractivity (Wildman–Crippen MR) is 101 cm³/mol. The number of aliphatic hydroxyl groups is 2. The van der Waals surface area contributed by atoms with Gasteiger partial charge in [0.2, 0.25) is 0 Å². The number of hydrogen-bond donors (Lipinski definition) is 3. The van der Waals surface area contributed by atoms with Crippen molar-refractivity contribution in [3.8, 4) is 0 Å². The van der Waals surface area contributed by atoms with Crippen molar-refractivity contribution >= 4 is 13.6 Å². The highest BCUT2D eigenvalue weighted by Gasteiger charge is 2.46. The number of nitrogens with two attached hydrogens (primary N) is 1. The molecule has 2 aliphatic rings. The van der Waals surface area contributed by atoms with Crippen LogP contribution in [0.2, 0.25) is 0 Å². The van der Waals surface area contributed by atoms with Crippen LogP contribution in [0.5, 0.6) is 0 Å². The summed E-state index contributed by atoms with van der Waals surface area (Å²) in [5.41, 5.74) is 5.48. The Hall–Kier alpha value is -2.18. The summed E-state index contributed by atoms with van der Waals surface area (Å²) in [6, 6.07) is 4.84. The summed E-state index contributed by atoms with van der Waals surface area (Å²) in [6.45, 7) is -0.248. The van der Waals surface area contributed by atoms with Gasteiger partial charge in [0.1, 0.15) is 24.1 Å². The Bertz CT molecular complexity index is 989. The van der Waals surface area contributed by atoms with Crippen molar-refractivity contribution in [1.29, 1.82) is 0 Å². The van der Waals surface area contributed by atoms with Crippen LogP contribution in [0.1, 0.15) is 24.3 Å². The molecule has 2 aromatic rings. The van der Waals surface area contributed by atoms with Gasteiger partial charge in [-0.2, -0.15) is 4.98 Å². The molecule has 2 fully saturated rings. The van der Waals surface area contributed by atoms with Crippen molar-refractivity contribution in [3.63, 3.8) is 0 Å². The predicted octanol–water partition coefficient (Wildman–Crippen LogP) is 0.143. The summed E-state index contributed by atoms with van der Waals surface area (Å²) in [5.74, 6) is 0.0117. The lowest BCUT2D eigenvalue weighted by molar-refractivity contribution is -0.0609. The van der Waals surface area contributed by atoms with Crippen LogP contribution in [0.15, 0.2) is 41.6 Å². The molecule has 0 aromatic carbocycles. The number of pyridine rings is 1. The first-order valence-electron chi connectivity index (χ1n) is 9.20. The Morgan fingerprint density at radius 3 is 2.77 bits per heavy atom. The molecule has 0 bridgehead atoms. The fourth-order valence-corrected chi connectivity index (χ4v) is 4.66. The molecule has 2 aliphatic heterocycles. The minimum absolute atomic E-state index is 0.0117. The van der Waals surface area contributed by atoms with Crippen LogP contribution in [0, 0.1) is 0 Å². The number of rotatable bonds is 5. The van der Waals surface area contributed by atoms with Gasteiger partial charge in [-0.05, 0) is 23.8 Å². The summed E-state index contributed by atoms with van der Waals surface area (Å²) in [5, 5.41) is 20.6. The van der Waals surface area contributed by atoms with E-state index in [1.807, 2.05) is 0 Å². The molecule has 0 unspecified atom stereocenters. The molecule has 0 aliphatic carbocycles. The first-order valence-corrected chi connectivity index (χ1v) is 10.7. The molecule has 2 aromatic heterocycles. The molecule has 4 rings (SSSR count). The van der Waals surface area contributed by atoms with Crippen molar-refractivity contribution in [2.45, 2.75) is 37.1 Å². The fourth-order valence-electron chi connectivity index (χ4n) is 3.26. The molecular formula is C17H21N4O8P. The van der Waals surface area contributed by atoms with Crippen LogP contribution < -0.4 is 11.4 Å². The monoisotopic (exact) mass is 440 g/mol. The first kappa shape index (κ1) is 21.1. The van der Waals surface area contributed by atoms with Gasteiger partial charge >= 0.3 is 13.5 Å². The van der Waals surface area contributed by atoms with Crippen LogP contribution in [-0.4, -0.2) is 56.3 Å². The van der Waals surface area contributed by atoms with Crippen molar-refractivity contribution < 1.29 is 33.1 Å². The summed E-state index contributed by atoms with van der Waals surface area (Å²) < 4.78 is 35.5. The minimum Gasteiger partial charge on any atom is -0.387 e. The van der Waals surface area contributed by atoms with Gasteiger partial charge in [-0.3, -0.25) is 23.1 Å². The zero-order valence-corrected chi connectivity index (χ0v) is 16.6. The number of phosphoric acid groups is 1. The summed E-state index contributed by atoms with van der Waals surface area (Å²) in [4.78, 5) is 19.5. The smallest absolute Gasteiger partial charge is 0.387 e. The van der Waals surface area contributed by atoms with Crippen molar-refractivity contribution in [2.24, 2.45) is 0 Å². The highest BCUT2D eigenvalue weighted by Crippen LogP contribution is 2.57. The van der Waals surface area contributed by atoms with Crippen LogP contribution >= 0.6 is 7.82 Å². The van der Waals surface area contributed by atoms with E-state index in [2.05, 4.69) is 9.97 Å². The molecule has 0 amide bonds. The molecule has 0 saturated carbocycles. The Labute approximate surface area is 170 Å². The van der Waals surface area contributed by atoms with E-state index in [0.717, 1.165) is 10.1 Å². The van der Waals surface area contributed by atoms with Crippen LogP contribution in [-0.2, 0) is 22.9 Å². The second-order valence-corrected chi connectivity index (χ2v) is 8.45. The number of anilines is 1. The summed E-state index contributed by atoms with van der Waals surface area (Å²) >= 11 is 0. The normalized spacial score (nSPS) is 34.1. The molecule has 6 atom stereocenters. The maximum absolute atomic E-state index is 12.8. The minimum atomic E-state index is -3.93. The van der Waals surface area contributed by atoms with E-state index < -0.39 is 50.8 Å². The highest BCUT2D eigenvalue weighted by atomic mass is 31.2. The number of nitrogens with zero attached hydrogens (tertiary/aromatic N) is 3. The molecule has 4 N–H and O–H groups in total. The van der Waals surface area contributed by atoms with E-state index in [-0.39, 0.29) is 12.4 Å². The van der Waals surface area contributed by atoms with Crippen LogP contribution in [0.3, 0.4) is 0 Å². The Morgan fingerprint density at radius 2 is 2.03 bits per heavy atom. The summed E-state index contributed by atoms with van der Waals surface area (Å²) in [6.07, 6.45) is -0.693. The van der Waals surface area contributed by atoms with E-state index in [4.69, 9.17) is 24.0 Å². The van der Waals surface area contributed by atoms with Crippen LogP contribution in [0.4, 0.5) is 5.82 Å². The molecule has 4 heterocycles. The van der Waals surface area contributed by atoms with E-state index >= 15 is 0 Å². The standard InChI is InChI=1S/C17H21N4O8P/c18-13-3-7-21(17(24)20-13)16-15(23)14(22)12(28-16)9-27-30(25)26-8-4-11(29-30)10-1-5-19-6-2-10/h1-3,5-7,11-12,14-16,22-23H,4,8-9H2,(H2,18,20,24)/t11-,12-,14-,15+,16-,30+/m1/s1. The first-order chi connectivity index (χ1) is 14.4. The van der Waals surface area contributed by atoms with E-state index in [9.17, 15) is 19.6 Å². The van der Waals surface area contributed by atoms with Gasteiger partial charge in [0.05, 0.1) is 19.3 Å². The number of aromatic nitrogens is 3. The van der Waals surface area contributed by atoms with E-state index in [1.54, 1.807) is 24.5 Å². The Morgan fingerprint density at radius 1 is 1.27 bits per heavy atom. The second-order valence-electron chi connectivity index (χ2n) is 6.83. The topological polar surface area (TPSA) is 168 Å². The molecule has 30 heavy (non-hydrogen) atoms.